The van der Waals surface area contributed by atoms with Crippen LogP contribution < -0.4 is 5.73 Å². The molecule has 2 aromatic rings. The van der Waals surface area contributed by atoms with Crippen LogP contribution in [0.15, 0.2) is 24.3 Å². The zero-order valence-corrected chi connectivity index (χ0v) is 10.5. The summed E-state index contributed by atoms with van der Waals surface area (Å²) in [6, 6.07) is 8.04. The number of nitrogens with two attached hydrogens (primary N) is 1. The predicted octanol–water partition coefficient (Wildman–Crippen LogP) is 3.61. The molecule has 1 fully saturated rings. The highest BCUT2D eigenvalue weighted by Crippen LogP contribution is 2.41. The molecule has 1 saturated carbocycles. The number of benzene rings is 1. The molecule has 3 rings (SSSR count). The Morgan fingerprint density at radius 2 is 2.12 bits per heavy atom. The van der Waals surface area contributed by atoms with E-state index in [-0.39, 0.29) is 6.04 Å². The van der Waals surface area contributed by atoms with Crippen LogP contribution in [0.4, 0.5) is 0 Å². The highest BCUT2D eigenvalue weighted by molar-refractivity contribution is 6.31. The molecule has 1 atom stereocenters. The van der Waals surface area contributed by atoms with Crippen molar-refractivity contribution in [3.05, 3.63) is 40.5 Å². The number of halogens is 1. The molecule has 88 valence electrons. The number of fused-ring (bicyclic) bond motifs is 1. The molecule has 1 heterocycles. The standard InChI is InChI=1S/C14H15ClN2/c1-8-6-12(14(16)9-2-3-9)11-7-10(15)4-5-13(11)17-8/h4-7,9,14H,2-3,16H2,1H3/t14-/m0/s1. The molecule has 17 heavy (non-hydrogen) atoms. The van der Waals surface area contributed by atoms with E-state index in [1.54, 1.807) is 0 Å². The van der Waals surface area contributed by atoms with Crippen molar-refractivity contribution in [2.75, 3.05) is 0 Å². The van der Waals surface area contributed by atoms with Gasteiger partial charge in [-0.15, -0.1) is 0 Å². The van der Waals surface area contributed by atoms with Gasteiger partial charge in [-0.3, -0.25) is 4.98 Å². The third-order valence-corrected chi connectivity index (χ3v) is 3.65. The van der Waals surface area contributed by atoms with E-state index in [2.05, 4.69) is 11.1 Å². The average molecular weight is 247 g/mol. The van der Waals surface area contributed by atoms with Crippen molar-refractivity contribution in [2.24, 2.45) is 11.7 Å². The first kappa shape index (κ1) is 11.0. The smallest absolute Gasteiger partial charge is 0.0709 e. The first-order chi connectivity index (χ1) is 8.15. The maximum absolute atomic E-state index is 6.31. The lowest BCUT2D eigenvalue weighted by atomic mass is 9.98. The molecule has 2 N–H and O–H groups in total. The highest BCUT2D eigenvalue weighted by atomic mass is 35.5. The van der Waals surface area contributed by atoms with E-state index in [1.807, 2.05) is 25.1 Å². The zero-order valence-electron chi connectivity index (χ0n) is 9.78. The van der Waals surface area contributed by atoms with E-state index < -0.39 is 0 Å². The van der Waals surface area contributed by atoms with Crippen LogP contribution in [0, 0.1) is 12.8 Å². The van der Waals surface area contributed by atoms with Gasteiger partial charge >= 0.3 is 0 Å². The summed E-state index contributed by atoms with van der Waals surface area (Å²) in [6.07, 6.45) is 2.48. The molecule has 0 unspecified atom stereocenters. The third-order valence-electron chi connectivity index (χ3n) is 3.42. The topological polar surface area (TPSA) is 38.9 Å². The van der Waals surface area contributed by atoms with Crippen LogP contribution in [-0.4, -0.2) is 4.98 Å². The summed E-state index contributed by atoms with van der Waals surface area (Å²) < 4.78 is 0. The molecular weight excluding hydrogens is 232 g/mol. The summed E-state index contributed by atoms with van der Waals surface area (Å²) >= 11 is 6.06. The molecule has 1 aromatic carbocycles. The maximum Gasteiger partial charge on any atom is 0.0709 e. The Labute approximate surface area is 106 Å². The summed E-state index contributed by atoms with van der Waals surface area (Å²) in [5.41, 5.74) is 9.51. The molecule has 0 aliphatic heterocycles. The van der Waals surface area contributed by atoms with Crippen LogP contribution in [0.5, 0.6) is 0 Å². The van der Waals surface area contributed by atoms with Crippen molar-refractivity contribution < 1.29 is 0 Å². The van der Waals surface area contributed by atoms with Crippen LogP contribution >= 0.6 is 11.6 Å². The van der Waals surface area contributed by atoms with Gasteiger partial charge in [-0.2, -0.15) is 0 Å². The number of aryl methyl sites for hydroxylation is 1. The van der Waals surface area contributed by atoms with Gasteiger partial charge in [-0.05, 0) is 55.5 Å². The van der Waals surface area contributed by atoms with E-state index >= 15 is 0 Å². The van der Waals surface area contributed by atoms with Gasteiger partial charge in [0.2, 0.25) is 0 Å². The van der Waals surface area contributed by atoms with Crippen molar-refractivity contribution in [3.63, 3.8) is 0 Å². The van der Waals surface area contributed by atoms with E-state index in [0.717, 1.165) is 21.6 Å². The monoisotopic (exact) mass is 246 g/mol. The summed E-state index contributed by atoms with van der Waals surface area (Å²) in [5.74, 6) is 0.638. The van der Waals surface area contributed by atoms with Crippen LogP contribution in [0.1, 0.15) is 30.1 Å². The maximum atomic E-state index is 6.31. The Morgan fingerprint density at radius 3 is 2.82 bits per heavy atom. The quantitative estimate of drug-likeness (QED) is 0.879. The molecule has 0 saturated heterocycles. The Hall–Kier alpha value is -1.12. The Balaban J connectivity index is 2.23. The van der Waals surface area contributed by atoms with Gasteiger partial charge < -0.3 is 5.73 Å². The van der Waals surface area contributed by atoms with Crippen molar-refractivity contribution in [3.8, 4) is 0 Å². The van der Waals surface area contributed by atoms with Gasteiger partial charge in [0.05, 0.1) is 5.52 Å². The fraction of sp³-hybridized carbons (Fsp3) is 0.357. The van der Waals surface area contributed by atoms with Gasteiger partial charge in [0.15, 0.2) is 0 Å². The summed E-state index contributed by atoms with van der Waals surface area (Å²) in [7, 11) is 0. The number of hydrogen-bond donors (Lipinski definition) is 1. The normalized spacial score (nSPS) is 17.4. The first-order valence-electron chi connectivity index (χ1n) is 5.97. The molecule has 0 amide bonds. The Bertz CT molecular complexity index is 576. The molecule has 1 aromatic heterocycles. The van der Waals surface area contributed by atoms with Crippen LogP contribution in [0.25, 0.3) is 10.9 Å². The van der Waals surface area contributed by atoms with Crippen molar-refractivity contribution >= 4 is 22.5 Å². The van der Waals surface area contributed by atoms with Gasteiger partial charge in [-0.25, -0.2) is 0 Å². The van der Waals surface area contributed by atoms with E-state index in [9.17, 15) is 0 Å². The lowest BCUT2D eigenvalue weighted by Gasteiger charge is -2.14. The number of aromatic nitrogens is 1. The second-order valence-corrected chi connectivity index (χ2v) is 5.31. The zero-order chi connectivity index (χ0) is 12.0. The molecule has 0 radical (unpaired) electrons. The lowest BCUT2D eigenvalue weighted by Crippen LogP contribution is -2.13. The van der Waals surface area contributed by atoms with Crippen molar-refractivity contribution in [1.82, 2.24) is 4.98 Å². The second kappa shape index (κ2) is 3.97. The summed E-state index contributed by atoms with van der Waals surface area (Å²) in [6.45, 7) is 2.01. The third kappa shape index (κ3) is 2.03. The fourth-order valence-corrected chi connectivity index (χ4v) is 2.52. The van der Waals surface area contributed by atoms with Gasteiger partial charge in [0.25, 0.3) is 0 Å². The number of pyridine rings is 1. The van der Waals surface area contributed by atoms with E-state index in [0.29, 0.717) is 5.92 Å². The molecule has 3 heteroatoms. The van der Waals surface area contributed by atoms with Crippen LogP contribution in [0.3, 0.4) is 0 Å². The first-order valence-corrected chi connectivity index (χ1v) is 6.35. The minimum Gasteiger partial charge on any atom is -0.324 e. The van der Waals surface area contributed by atoms with E-state index in [1.165, 1.54) is 18.4 Å². The lowest BCUT2D eigenvalue weighted by molar-refractivity contribution is 0.637. The van der Waals surface area contributed by atoms with Crippen LogP contribution in [-0.2, 0) is 0 Å². The van der Waals surface area contributed by atoms with Gasteiger partial charge in [0.1, 0.15) is 0 Å². The minimum atomic E-state index is 0.123. The minimum absolute atomic E-state index is 0.123. The molecule has 0 bridgehead atoms. The Kier molecular flexibility index (Phi) is 2.57. The Morgan fingerprint density at radius 1 is 1.35 bits per heavy atom. The van der Waals surface area contributed by atoms with Crippen LogP contribution in [0.2, 0.25) is 5.02 Å². The molecule has 2 nitrogen and oxygen atoms in total. The summed E-state index contributed by atoms with van der Waals surface area (Å²) in [5, 5.41) is 1.84. The molecule has 1 aliphatic carbocycles. The van der Waals surface area contributed by atoms with Crippen molar-refractivity contribution in [2.45, 2.75) is 25.8 Å². The largest absolute Gasteiger partial charge is 0.324 e. The number of hydrogen-bond acceptors (Lipinski definition) is 2. The second-order valence-electron chi connectivity index (χ2n) is 4.88. The number of nitrogens with zero attached hydrogens (tertiary/aromatic N) is 1. The van der Waals surface area contributed by atoms with Crippen molar-refractivity contribution in [1.29, 1.82) is 0 Å². The molecular formula is C14H15ClN2. The predicted molar refractivity (Wildman–Crippen MR) is 71.1 cm³/mol. The number of rotatable bonds is 2. The fourth-order valence-electron chi connectivity index (χ4n) is 2.35. The van der Waals surface area contributed by atoms with E-state index in [4.69, 9.17) is 17.3 Å². The van der Waals surface area contributed by atoms with Gasteiger partial charge in [-0.1, -0.05) is 11.6 Å². The van der Waals surface area contributed by atoms with Gasteiger partial charge in [0, 0.05) is 22.1 Å². The SMILES string of the molecule is Cc1cc([C@@H](N)C2CC2)c2cc(Cl)ccc2n1. The highest BCUT2D eigenvalue weighted by Gasteiger charge is 2.30. The molecule has 1 aliphatic rings. The average Bonchev–Trinajstić information content (AvgIpc) is 3.11. The summed E-state index contributed by atoms with van der Waals surface area (Å²) in [4.78, 5) is 4.53. The molecule has 0 spiro atoms.